The highest BCUT2D eigenvalue weighted by Gasteiger charge is 2.26. The van der Waals surface area contributed by atoms with E-state index < -0.39 is 0 Å². The van der Waals surface area contributed by atoms with Crippen LogP contribution in [-0.4, -0.2) is 25.3 Å². The van der Waals surface area contributed by atoms with Crippen LogP contribution in [0.2, 0.25) is 0 Å². The summed E-state index contributed by atoms with van der Waals surface area (Å²) < 4.78 is 5.54. The second-order valence-corrected chi connectivity index (χ2v) is 5.95. The molecule has 1 N–H and O–H groups in total. The van der Waals surface area contributed by atoms with E-state index in [1.165, 1.54) is 38.5 Å². The van der Waals surface area contributed by atoms with Gasteiger partial charge in [-0.15, -0.1) is 0 Å². The van der Waals surface area contributed by atoms with Crippen molar-refractivity contribution in [3.63, 3.8) is 0 Å². The summed E-state index contributed by atoms with van der Waals surface area (Å²) >= 11 is 0. The molecule has 2 nitrogen and oxygen atoms in total. The van der Waals surface area contributed by atoms with Gasteiger partial charge in [0, 0.05) is 18.7 Å². The number of ether oxygens (including phenoxy) is 1. The Bertz CT molecular complexity index is 199. The van der Waals surface area contributed by atoms with Gasteiger partial charge in [0.15, 0.2) is 0 Å². The third-order valence-electron chi connectivity index (χ3n) is 4.29. The lowest BCUT2D eigenvalue weighted by Gasteiger charge is -2.35. The minimum atomic E-state index is 0.629. The molecule has 0 bridgehead atoms. The molecule has 1 aliphatic carbocycles. The molecule has 0 radical (unpaired) electrons. The summed E-state index contributed by atoms with van der Waals surface area (Å²) in [5.74, 6) is 1.79. The van der Waals surface area contributed by atoms with E-state index in [9.17, 15) is 0 Å². The molecule has 2 rings (SSSR count). The van der Waals surface area contributed by atoms with Gasteiger partial charge in [-0.1, -0.05) is 26.7 Å². The van der Waals surface area contributed by atoms with Gasteiger partial charge in [0.2, 0.25) is 0 Å². The molecule has 94 valence electrons. The molecule has 1 aliphatic heterocycles. The van der Waals surface area contributed by atoms with Crippen molar-refractivity contribution >= 4 is 0 Å². The largest absolute Gasteiger partial charge is 0.380 e. The fraction of sp³-hybridized carbons (Fsp3) is 1.00. The third kappa shape index (κ3) is 3.46. The smallest absolute Gasteiger partial charge is 0.0619 e. The Morgan fingerprint density at radius 2 is 1.88 bits per heavy atom. The van der Waals surface area contributed by atoms with E-state index in [4.69, 9.17) is 4.74 Å². The molecule has 3 unspecified atom stereocenters. The van der Waals surface area contributed by atoms with E-state index in [-0.39, 0.29) is 0 Å². The van der Waals surface area contributed by atoms with Gasteiger partial charge in [-0.2, -0.15) is 0 Å². The molecule has 0 aromatic rings. The van der Waals surface area contributed by atoms with Gasteiger partial charge in [-0.3, -0.25) is 0 Å². The first-order chi connectivity index (χ1) is 7.75. The highest BCUT2D eigenvalue weighted by molar-refractivity contribution is 4.83. The molecule has 1 saturated heterocycles. The molecular formula is C14H27NO. The van der Waals surface area contributed by atoms with E-state index >= 15 is 0 Å². The fourth-order valence-corrected chi connectivity index (χ4v) is 3.19. The van der Waals surface area contributed by atoms with Crippen molar-refractivity contribution < 1.29 is 4.74 Å². The van der Waals surface area contributed by atoms with Crippen LogP contribution >= 0.6 is 0 Å². The Morgan fingerprint density at radius 1 is 1.06 bits per heavy atom. The van der Waals surface area contributed by atoms with Gasteiger partial charge >= 0.3 is 0 Å². The Morgan fingerprint density at radius 3 is 2.56 bits per heavy atom. The molecule has 0 amide bonds. The topological polar surface area (TPSA) is 21.3 Å². The third-order valence-corrected chi connectivity index (χ3v) is 4.29. The quantitative estimate of drug-likeness (QED) is 0.797. The Hall–Kier alpha value is -0.0800. The van der Waals surface area contributed by atoms with Crippen molar-refractivity contribution in [2.24, 2.45) is 11.8 Å². The molecular weight excluding hydrogens is 198 g/mol. The van der Waals surface area contributed by atoms with Crippen LogP contribution in [0.15, 0.2) is 0 Å². The van der Waals surface area contributed by atoms with Crippen molar-refractivity contribution in [2.45, 2.75) is 64.5 Å². The van der Waals surface area contributed by atoms with Crippen LogP contribution in [0.5, 0.6) is 0 Å². The van der Waals surface area contributed by atoms with Crippen molar-refractivity contribution in [3.05, 3.63) is 0 Å². The molecule has 3 atom stereocenters. The summed E-state index contributed by atoms with van der Waals surface area (Å²) in [6.45, 7) is 6.65. The molecule has 2 fully saturated rings. The number of rotatable bonds is 3. The van der Waals surface area contributed by atoms with Crippen molar-refractivity contribution in [1.82, 2.24) is 5.32 Å². The molecule has 16 heavy (non-hydrogen) atoms. The van der Waals surface area contributed by atoms with Gasteiger partial charge in [0.1, 0.15) is 0 Å². The zero-order valence-corrected chi connectivity index (χ0v) is 10.9. The SMILES string of the molecule is CC(C)C1CCCC(NC2CCCOC2)C1. The summed E-state index contributed by atoms with van der Waals surface area (Å²) in [5.41, 5.74) is 0. The zero-order valence-electron chi connectivity index (χ0n) is 10.9. The lowest BCUT2D eigenvalue weighted by Crippen LogP contribution is -2.45. The molecule has 0 spiro atoms. The molecule has 0 aromatic carbocycles. The number of hydrogen-bond donors (Lipinski definition) is 1. The van der Waals surface area contributed by atoms with Crippen LogP contribution in [0.25, 0.3) is 0 Å². The minimum Gasteiger partial charge on any atom is -0.380 e. The van der Waals surface area contributed by atoms with Crippen molar-refractivity contribution in [1.29, 1.82) is 0 Å². The van der Waals surface area contributed by atoms with E-state index in [1.807, 2.05) is 0 Å². The standard InChI is InChI=1S/C14H27NO/c1-11(2)12-5-3-6-13(9-12)15-14-7-4-8-16-10-14/h11-15H,3-10H2,1-2H3. The van der Waals surface area contributed by atoms with Crippen LogP contribution in [0.1, 0.15) is 52.4 Å². The van der Waals surface area contributed by atoms with Gasteiger partial charge < -0.3 is 10.1 Å². The summed E-state index contributed by atoms with van der Waals surface area (Å²) in [6.07, 6.45) is 8.15. The predicted molar refractivity (Wildman–Crippen MR) is 67.6 cm³/mol. The summed E-state index contributed by atoms with van der Waals surface area (Å²) in [6, 6.07) is 1.39. The van der Waals surface area contributed by atoms with E-state index in [0.717, 1.165) is 31.1 Å². The first-order valence-corrected chi connectivity index (χ1v) is 7.09. The summed E-state index contributed by atoms with van der Waals surface area (Å²) in [5, 5.41) is 3.82. The Labute approximate surface area is 100 Å². The van der Waals surface area contributed by atoms with Crippen LogP contribution in [0, 0.1) is 11.8 Å². The number of hydrogen-bond acceptors (Lipinski definition) is 2. The lowest BCUT2D eigenvalue weighted by atomic mass is 9.79. The van der Waals surface area contributed by atoms with Crippen LogP contribution in [0.3, 0.4) is 0 Å². The average molecular weight is 225 g/mol. The zero-order chi connectivity index (χ0) is 11.4. The second-order valence-electron chi connectivity index (χ2n) is 5.95. The number of nitrogens with one attached hydrogen (secondary N) is 1. The second kappa shape index (κ2) is 6.02. The maximum atomic E-state index is 5.54. The van der Waals surface area contributed by atoms with Crippen LogP contribution in [0.4, 0.5) is 0 Å². The molecule has 0 aromatic heterocycles. The van der Waals surface area contributed by atoms with Crippen molar-refractivity contribution in [2.75, 3.05) is 13.2 Å². The van der Waals surface area contributed by atoms with Gasteiger partial charge in [-0.05, 0) is 37.5 Å². The molecule has 1 heterocycles. The first-order valence-electron chi connectivity index (χ1n) is 7.09. The maximum absolute atomic E-state index is 5.54. The maximum Gasteiger partial charge on any atom is 0.0619 e. The van der Waals surface area contributed by atoms with E-state index in [0.29, 0.717) is 6.04 Å². The van der Waals surface area contributed by atoms with Crippen molar-refractivity contribution in [3.8, 4) is 0 Å². The fourth-order valence-electron chi connectivity index (χ4n) is 3.19. The monoisotopic (exact) mass is 225 g/mol. The van der Waals surface area contributed by atoms with Gasteiger partial charge in [0.25, 0.3) is 0 Å². The molecule has 1 saturated carbocycles. The van der Waals surface area contributed by atoms with Crippen LogP contribution < -0.4 is 5.32 Å². The molecule has 2 aliphatic rings. The van der Waals surface area contributed by atoms with Crippen LogP contribution in [-0.2, 0) is 4.74 Å². The summed E-state index contributed by atoms with van der Waals surface area (Å²) in [4.78, 5) is 0. The predicted octanol–water partition coefficient (Wildman–Crippen LogP) is 2.97. The van der Waals surface area contributed by atoms with E-state index in [2.05, 4.69) is 19.2 Å². The highest BCUT2D eigenvalue weighted by atomic mass is 16.5. The highest BCUT2D eigenvalue weighted by Crippen LogP contribution is 2.30. The Kier molecular flexibility index (Phi) is 4.66. The first kappa shape index (κ1) is 12.4. The Balaban J connectivity index is 1.75. The summed E-state index contributed by atoms with van der Waals surface area (Å²) in [7, 11) is 0. The minimum absolute atomic E-state index is 0.629. The average Bonchev–Trinajstić information content (AvgIpc) is 2.30. The molecule has 2 heteroatoms. The van der Waals surface area contributed by atoms with Gasteiger partial charge in [0.05, 0.1) is 6.61 Å². The normalized spacial score (nSPS) is 36.6. The van der Waals surface area contributed by atoms with Gasteiger partial charge in [-0.25, -0.2) is 0 Å². The van der Waals surface area contributed by atoms with E-state index in [1.54, 1.807) is 0 Å². The lowest BCUT2D eigenvalue weighted by molar-refractivity contribution is 0.0614.